The summed E-state index contributed by atoms with van der Waals surface area (Å²) in [7, 11) is -3.19. The second-order valence-corrected chi connectivity index (χ2v) is 7.45. The summed E-state index contributed by atoms with van der Waals surface area (Å²) in [5, 5.41) is 0. The Morgan fingerprint density at radius 1 is 1.09 bits per heavy atom. The van der Waals surface area contributed by atoms with E-state index in [9.17, 15) is 8.42 Å². The van der Waals surface area contributed by atoms with Crippen LogP contribution in [0.3, 0.4) is 0 Å². The van der Waals surface area contributed by atoms with Crippen molar-refractivity contribution in [2.45, 2.75) is 20.3 Å². The van der Waals surface area contributed by atoms with Crippen LogP contribution in [0.1, 0.15) is 19.4 Å². The zero-order chi connectivity index (χ0) is 16.0. The molecule has 0 amide bonds. The van der Waals surface area contributed by atoms with Crippen molar-refractivity contribution in [3.05, 3.63) is 48.3 Å². The van der Waals surface area contributed by atoms with Gasteiger partial charge in [0.15, 0.2) is 5.82 Å². The molecule has 0 unspecified atom stereocenters. The molecule has 118 valence electrons. The first kappa shape index (κ1) is 16.6. The lowest BCUT2D eigenvalue weighted by Crippen LogP contribution is -2.30. The molecule has 2 rings (SSSR count). The zero-order valence-electron chi connectivity index (χ0n) is 12.9. The predicted molar refractivity (Wildman–Crippen MR) is 87.8 cm³/mol. The van der Waals surface area contributed by atoms with Crippen molar-refractivity contribution >= 4 is 10.0 Å². The molecule has 0 saturated carbocycles. The maximum Gasteiger partial charge on any atom is 0.211 e. The van der Waals surface area contributed by atoms with E-state index in [4.69, 9.17) is 0 Å². The number of hydrogen-bond acceptors (Lipinski definition) is 4. The number of rotatable bonds is 7. The van der Waals surface area contributed by atoms with E-state index in [1.54, 1.807) is 12.4 Å². The van der Waals surface area contributed by atoms with Gasteiger partial charge in [-0.25, -0.2) is 23.1 Å². The number of nitrogens with one attached hydrogen (secondary N) is 1. The van der Waals surface area contributed by atoms with E-state index in [1.165, 1.54) is 0 Å². The van der Waals surface area contributed by atoms with Crippen molar-refractivity contribution in [3.8, 4) is 11.4 Å². The smallest absolute Gasteiger partial charge is 0.211 e. The lowest BCUT2D eigenvalue weighted by atomic mass is 10.2. The number of benzene rings is 1. The molecule has 1 N–H and O–H groups in total. The lowest BCUT2D eigenvalue weighted by molar-refractivity contribution is 0.568. The van der Waals surface area contributed by atoms with E-state index in [-0.39, 0.29) is 11.7 Å². The standard InChI is InChI=1S/C16H21N3O2S/c1-13(2)12-22(20,21)19-9-8-14-10-17-16(18-11-14)15-6-4-3-5-7-15/h3-7,10-11,13,19H,8-9,12H2,1-2H3. The maximum absolute atomic E-state index is 11.7. The van der Waals surface area contributed by atoms with E-state index in [2.05, 4.69) is 14.7 Å². The van der Waals surface area contributed by atoms with Crippen molar-refractivity contribution in [2.24, 2.45) is 5.92 Å². The summed E-state index contributed by atoms with van der Waals surface area (Å²) in [6.45, 7) is 4.13. The normalized spacial score (nSPS) is 11.8. The average Bonchev–Trinajstić information content (AvgIpc) is 2.47. The van der Waals surface area contributed by atoms with Crippen molar-refractivity contribution in [2.75, 3.05) is 12.3 Å². The van der Waals surface area contributed by atoms with Crippen LogP contribution in [0.25, 0.3) is 11.4 Å². The first-order valence-electron chi connectivity index (χ1n) is 7.30. The van der Waals surface area contributed by atoms with Crippen LogP contribution in [0.4, 0.5) is 0 Å². The minimum Gasteiger partial charge on any atom is -0.236 e. The Bertz CT molecular complexity index is 683. The molecule has 5 nitrogen and oxygen atoms in total. The van der Waals surface area contributed by atoms with Gasteiger partial charge in [0.2, 0.25) is 10.0 Å². The molecule has 0 atom stereocenters. The summed E-state index contributed by atoms with van der Waals surface area (Å²) in [5.41, 5.74) is 1.87. The minimum atomic E-state index is -3.19. The Balaban J connectivity index is 1.90. The molecule has 0 spiro atoms. The molecular formula is C16H21N3O2S. The molecule has 22 heavy (non-hydrogen) atoms. The Kier molecular flexibility index (Phi) is 5.63. The second-order valence-electron chi connectivity index (χ2n) is 5.60. The van der Waals surface area contributed by atoms with Crippen molar-refractivity contribution in [1.29, 1.82) is 0 Å². The van der Waals surface area contributed by atoms with Gasteiger partial charge in [0.05, 0.1) is 5.75 Å². The summed E-state index contributed by atoms with van der Waals surface area (Å²) in [5.74, 6) is 0.937. The van der Waals surface area contributed by atoms with Gasteiger partial charge in [-0.2, -0.15) is 0 Å². The molecule has 0 saturated heterocycles. The van der Waals surface area contributed by atoms with Gasteiger partial charge >= 0.3 is 0 Å². The molecule has 0 bridgehead atoms. The fraction of sp³-hybridized carbons (Fsp3) is 0.375. The van der Waals surface area contributed by atoms with Gasteiger partial charge in [0.1, 0.15) is 0 Å². The van der Waals surface area contributed by atoms with E-state index in [1.807, 2.05) is 44.2 Å². The highest BCUT2D eigenvalue weighted by atomic mass is 32.2. The molecule has 6 heteroatoms. The van der Waals surface area contributed by atoms with Gasteiger partial charge in [0.25, 0.3) is 0 Å². The van der Waals surface area contributed by atoms with Crippen molar-refractivity contribution in [1.82, 2.24) is 14.7 Å². The molecule has 0 aliphatic heterocycles. The molecule has 0 radical (unpaired) electrons. The van der Waals surface area contributed by atoms with Crippen LogP contribution in [0, 0.1) is 5.92 Å². The Labute approximate surface area is 131 Å². The summed E-state index contributed by atoms with van der Waals surface area (Å²) in [4.78, 5) is 8.65. The van der Waals surface area contributed by atoms with Crippen LogP contribution in [0.15, 0.2) is 42.7 Å². The SMILES string of the molecule is CC(C)CS(=O)(=O)NCCc1cnc(-c2ccccc2)nc1. The third-order valence-electron chi connectivity index (χ3n) is 3.03. The fourth-order valence-electron chi connectivity index (χ4n) is 2.07. The average molecular weight is 319 g/mol. The topological polar surface area (TPSA) is 72.0 Å². The van der Waals surface area contributed by atoms with E-state index in [0.717, 1.165) is 11.1 Å². The van der Waals surface area contributed by atoms with Gasteiger partial charge in [-0.1, -0.05) is 44.2 Å². The van der Waals surface area contributed by atoms with Crippen LogP contribution >= 0.6 is 0 Å². The number of sulfonamides is 1. The Morgan fingerprint density at radius 2 is 1.73 bits per heavy atom. The van der Waals surface area contributed by atoms with Gasteiger partial charge in [-0.15, -0.1) is 0 Å². The highest BCUT2D eigenvalue weighted by Gasteiger charge is 2.11. The first-order chi connectivity index (χ1) is 10.5. The quantitative estimate of drug-likeness (QED) is 0.849. The Hall–Kier alpha value is -1.79. The van der Waals surface area contributed by atoms with E-state index >= 15 is 0 Å². The molecule has 1 aromatic heterocycles. The van der Waals surface area contributed by atoms with Crippen LogP contribution in [0.5, 0.6) is 0 Å². The molecule has 2 aromatic rings. The van der Waals surface area contributed by atoms with E-state index < -0.39 is 10.0 Å². The largest absolute Gasteiger partial charge is 0.236 e. The molecule has 1 aromatic carbocycles. The summed E-state index contributed by atoms with van der Waals surface area (Å²) in [6.07, 6.45) is 4.06. The molecular weight excluding hydrogens is 298 g/mol. The fourth-order valence-corrected chi connectivity index (χ4v) is 3.48. The number of nitrogens with zero attached hydrogens (tertiary/aromatic N) is 2. The molecule has 0 fully saturated rings. The van der Waals surface area contributed by atoms with Crippen LogP contribution in [-0.2, 0) is 16.4 Å². The van der Waals surface area contributed by atoms with Crippen LogP contribution in [-0.4, -0.2) is 30.7 Å². The van der Waals surface area contributed by atoms with Crippen molar-refractivity contribution in [3.63, 3.8) is 0 Å². The Morgan fingerprint density at radius 3 is 2.32 bits per heavy atom. The highest BCUT2D eigenvalue weighted by Crippen LogP contribution is 2.13. The molecule has 1 heterocycles. The molecule has 0 aliphatic carbocycles. The number of hydrogen-bond donors (Lipinski definition) is 1. The summed E-state index contributed by atoms with van der Waals surface area (Å²) >= 11 is 0. The lowest BCUT2D eigenvalue weighted by Gasteiger charge is -2.08. The third kappa shape index (κ3) is 5.20. The van der Waals surface area contributed by atoms with Crippen LogP contribution in [0.2, 0.25) is 0 Å². The second kappa shape index (κ2) is 7.47. The predicted octanol–water partition coefficient (Wildman–Crippen LogP) is 2.26. The van der Waals surface area contributed by atoms with Crippen molar-refractivity contribution < 1.29 is 8.42 Å². The first-order valence-corrected chi connectivity index (χ1v) is 8.95. The number of aromatic nitrogens is 2. The minimum absolute atomic E-state index is 0.117. The molecule has 0 aliphatic rings. The van der Waals surface area contributed by atoms with Crippen LogP contribution < -0.4 is 4.72 Å². The third-order valence-corrected chi connectivity index (χ3v) is 4.78. The van der Waals surface area contributed by atoms with Gasteiger partial charge in [-0.3, -0.25) is 0 Å². The van der Waals surface area contributed by atoms with Gasteiger partial charge in [0, 0.05) is 24.5 Å². The van der Waals surface area contributed by atoms with Gasteiger partial charge < -0.3 is 0 Å². The summed E-state index contributed by atoms with van der Waals surface area (Å²) in [6, 6.07) is 9.73. The monoisotopic (exact) mass is 319 g/mol. The maximum atomic E-state index is 11.7. The summed E-state index contributed by atoms with van der Waals surface area (Å²) < 4.78 is 26.1. The highest BCUT2D eigenvalue weighted by molar-refractivity contribution is 7.89. The zero-order valence-corrected chi connectivity index (χ0v) is 13.7. The van der Waals surface area contributed by atoms with E-state index in [0.29, 0.717) is 18.8 Å². The van der Waals surface area contributed by atoms with Gasteiger partial charge in [-0.05, 0) is 17.9 Å².